The van der Waals surface area contributed by atoms with Gasteiger partial charge < -0.3 is 20.3 Å². The lowest BCUT2D eigenvalue weighted by molar-refractivity contribution is -0.193. The van der Waals surface area contributed by atoms with Crippen LogP contribution in [0.25, 0.3) is 0 Å². The van der Waals surface area contributed by atoms with E-state index in [1.54, 1.807) is 12.4 Å². The molecule has 16 heteroatoms. The summed E-state index contributed by atoms with van der Waals surface area (Å²) in [4.78, 5) is 51.0. The zero-order chi connectivity index (χ0) is 24.6. The molecule has 2 aromatic rings. The normalized spacial score (nSPS) is 22.7. The highest BCUT2D eigenvalue weighted by Gasteiger charge is 2.67. The second-order valence-corrected chi connectivity index (χ2v) is 10.0. The van der Waals surface area contributed by atoms with E-state index in [-0.39, 0.29) is 22.8 Å². The number of carbonyl (C=O) groups is 4. The smallest absolute Gasteiger partial charge is 0.352 e. The first kappa shape index (κ1) is 24.2. The molecule has 180 valence electrons. The van der Waals surface area contributed by atoms with Crippen molar-refractivity contribution in [2.75, 3.05) is 18.6 Å². The summed E-state index contributed by atoms with van der Waals surface area (Å²) in [5.74, 6) is -5.50. The van der Waals surface area contributed by atoms with E-state index in [4.69, 9.17) is 4.74 Å². The molecule has 2 aromatic heterocycles. The standard InChI is InChI=1S/C18H18N6O7S3/c1-23-17(20-21-22-23)34-7-9-6-33-16-18(31-2,15(30)24(16)11(9)14(28)29)19-12(25)10(13(26)27)8-3-4-32-5-8/h3-5,10,16H,6-7H2,1-2H3,(H,19,25)(H,26,27)(H,28,29)/t10?,16-,18+/m1/s1. The number of aliphatic carboxylic acids is 2. The minimum atomic E-state index is -1.89. The van der Waals surface area contributed by atoms with Crippen molar-refractivity contribution in [3.05, 3.63) is 33.7 Å². The predicted molar refractivity (Wildman–Crippen MR) is 120 cm³/mol. The summed E-state index contributed by atoms with van der Waals surface area (Å²) in [6, 6.07) is 1.51. The highest BCUT2D eigenvalue weighted by atomic mass is 32.2. The van der Waals surface area contributed by atoms with Crippen molar-refractivity contribution in [2.24, 2.45) is 7.05 Å². The summed E-state index contributed by atoms with van der Waals surface area (Å²) in [5, 5.41) is 35.7. The number of amides is 2. The monoisotopic (exact) mass is 526 g/mol. The maximum absolute atomic E-state index is 13.2. The second-order valence-electron chi connectivity index (χ2n) is 7.23. The number of nitrogens with zero attached hydrogens (tertiary/aromatic N) is 5. The summed E-state index contributed by atoms with van der Waals surface area (Å²) >= 11 is 3.66. The summed E-state index contributed by atoms with van der Waals surface area (Å²) < 4.78 is 6.83. The Balaban J connectivity index is 1.58. The van der Waals surface area contributed by atoms with Crippen molar-refractivity contribution in [1.82, 2.24) is 30.4 Å². The molecule has 2 amide bonds. The molecule has 2 aliphatic rings. The summed E-state index contributed by atoms with van der Waals surface area (Å²) in [5.41, 5.74) is -1.35. The van der Waals surface area contributed by atoms with E-state index in [0.29, 0.717) is 10.7 Å². The third-order valence-corrected chi connectivity index (χ3v) is 8.46. The SMILES string of the molecule is CO[C@@]1(NC(=O)C(C(=O)O)c2ccsc2)C(=O)N2C(C(=O)O)=C(CSc3nnnn3C)CS[C@@H]21. The third-order valence-electron chi connectivity index (χ3n) is 5.29. The van der Waals surface area contributed by atoms with E-state index in [1.165, 1.54) is 58.1 Å². The molecule has 4 heterocycles. The van der Waals surface area contributed by atoms with Crippen molar-refractivity contribution in [1.29, 1.82) is 0 Å². The Bertz CT molecular complexity index is 1180. The van der Waals surface area contributed by atoms with E-state index in [2.05, 4.69) is 20.8 Å². The van der Waals surface area contributed by atoms with E-state index in [9.17, 15) is 29.4 Å². The lowest BCUT2D eigenvalue weighted by atomic mass is 9.95. The van der Waals surface area contributed by atoms with Crippen LogP contribution in [0.15, 0.2) is 33.3 Å². The van der Waals surface area contributed by atoms with E-state index in [0.717, 1.165) is 4.90 Å². The average Bonchev–Trinajstić information content (AvgIpc) is 3.46. The fourth-order valence-electron chi connectivity index (χ4n) is 3.65. The summed E-state index contributed by atoms with van der Waals surface area (Å²) in [6.07, 6.45) is 0. The first-order valence-electron chi connectivity index (χ1n) is 9.59. The van der Waals surface area contributed by atoms with Crippen LogP contribution >= 0.6 is 34.9 Å². The van der Waals surface area contributed by atoms with Crippen LogP contribution in [0, 0.1) is 0 Å². The fraction of sp³-hybridized carbons (Fsp3) is 0.389. The molecule has 3 atom stereocenters. The molecule has 0 aliphatic carbocycles. The lowest BCUT2D eigenvalue weighted by Crippen LogP contribution is -2.81. The number of nitrogens with one attached hydrogen (secondary N) is 1. The van der Waals surface area contributed by atoms with Crippen LogP contribution in [0.5, 0.6) is 0 Å². The molecule has 0 saturated carbocycles. The van der Waals surface area contributed by atoms with Gasteiger partial charge in [-0.3, -0.25) is 19.3 Å². The second kappa shape index (κ2) is 9.36. The highest BCUT2D eigenvalue weighted by Crippen LogP contribution is 2.47. The number of carbonyl (C=O) groups excluding carboxylic acids is 2. The summed E-state index contributed by atoms with van der Waals surface area (Å²) in [7, 11) is 2.85. The van der Waals surface area contributed by atoms with Crippen molar-refractivity contribution in [3.63, 3.8) is 0 Å². The maximum atomic E-state index is 13.2. The maximum Gasteiger partial charge on any atom is 0.352 e. The molecule has 13 nitrogen and oxygen atoms in total. The van der Waals surface area contributed by atoms with E-state index >= 15 is 0 Å². The number of aromatic nitrogens is 4. The number of ether oxygens (including phenoxy) is 1. The number of aryl methyl sites for hydroxylation is 1. The number of carboxylic acids is 2. The number of hydrogen-bond donors (Lipinski definition) is 3. The zero-order valence-electron chi connectivity index (χ0n) is 17.7. The molecule has 1 saturated heterocycles. The molecule has 3 N–H and O–H groups in total. The molecule has 1 unspecified atom stereocenters. The third kappa shape index (κ3) is 3.95. The number of carboxylic acid groups (broad SMARTS) is 2. The molecule has 0 bridgehead atoms. The van der Waals surface area contributed by atoms with Crippen molar-refractivity contribution >= 4 is 58.6 Å². The molecule has 34 heavy (non-hydrogen) atoms. The van der Waals surface area contributed by atoms with Gasteiger partial charge in [0.05, 0.1) is 0 Å². The largest absolute Gasteiger partial charge is 0.480 e. The van der Waals surface area contributed by atoms with E-state index < -0.39 is 40.8 Å². The van der Waals surface area contributed by atoms with Gasteiger partial charge in [-0.2, -0.15) is 11.3 Å². The van der Waals surface area contributed by atoms with Crippen LogP contribution in [0.4, 0.5) is 0 Å². The van der Waals surface area contributed by atoms with Gasteiger partial charge in [0.15, 0.2) is 5.92 Å². The molecular formula is C18H18N6O7S3. The van der Waals surface area contributed by atoms with Gasteiger partial charge in [-0.25, -0.2) is 9.48 Å². The Morgan fingerprint density at radius 2 is 2.18 bits per heavy atom. The average molecular weight is 527 g/mol. The van der Waals surface area contributed by atoms with Gasteiger partial charge in [0.1, 0.15) is 11.1 Å². The zero-order valence-corrected chi connectivity index (χ0v) is 20.1. The van der Waals surface area contributed by atoms with Crippen LogP contribution < -0.4 is 5.32 Å². The Hall–Kier alpha value is -2.95. The van der Waals surface area contributed by atoms with Crippen molar-refractivity contribution in [3.8, 4) is 0 Å². The van der Waals surface area contributed by atoms with Crippen LogP contribution in [0.1, 0.15) is 11.5 Å². The number of methoxy groups -OCH3 is 1. The highest BCUT2D eigenvalue weighted by molar-refractivity contribution is 8.01. The number of rotatable bonds is 9. The van der Waals surface area contributed by atoms with E-state index in [1.807, 2.05) is 0 Å². The van der Waals surface area contributed by atoms with Gasteiger partial charge in [0.25, 0.3) is 11.6 Å². The fourth-order valence-corrected chi connectivity index (χ4v) is 6.76. The lowest BCUT2D eigenvalue weighted by Gasteiger charge is -2.56. The number of fused-ring (bicyclic) bond motifs is 1. The van der Waals surface area contributed by atoms with Crippen LogP contribution in [-0.2, 0) is 31.0 Å². The minimum Gasteiger partial charge on any atom is -0.480 e. The van der Waals surface area contributed by atoms with Gasteiger partial charge in [-0.15, -0.1) is 16.9 Å². The van der Waals surface area contributed by atoms with Crippen LogP contribution in [-0.4, -0.2) is 88.8 Å². The first-order valence-corrected chi connectivity index (χ1v) is 12.6. The van der Waals surface area contributed by atoms with Gasteiger partial charge >= 0.3 is 11.9 Å². The number of β-lactam (4-membered cyclic amide) rings is 1. The van der Waals surface area contributed by atoms with Crippen LogP contribution in [0.3, 0.4) is 0 Å². The molecule has 2 aliphatic heterocycles. The number of hydrogen-bond acceptors (Lipinski definition) is 11. The van der Waals surface area contributed by atoms with Crippen molar-refractivity contribution < 1.29 is 34.1 Å². The summed E-state index contributed by atoms with van der Waals surface area (Å²) in [6.45, 7) is 0. The van der Waals surface area contributed by atoms with Gasteiger partial charge in [0.2, 0.25) is 11.1 Å². The number of tetrazole rings is 1. The molecular weight excluding hydrogens is 508 g/mol. The first-order chi connectivity index (χ1) is 16.2. The topological polar surface area (TPSA) is 177 Å². The molecule has 0 radical (unpaired) electrons. The quantitative estimate of drug-likeness (QED) is 0.172. The van der Waals surface area contributed by atoms with Gasteiger partial charge in [-0.05, 0) is 38.4 Å². The Kier molecular flexibility index (Phi) is 6.66. The molecule has 0 aromatic carbocycles. The molecule has 4 rings (SSSR count). The molecule has 1 fully saturated rings. The Morgan fingerprint density at radius 3 is 2.74 bits per heavy atom. The van der Waals surface area contributed by atoms with Gasteiger partial charge in [-0.1, -0.05) is 11.8 Å². The number of thiophene rings is 1. The van der Waals surface area contributed by atoms with Crippen LogP contribution in [0.2, 0.25) is 0 Å². The number of thioether (sulfide) groups is 2. The van der Waals surface area contributed by atoms with Gasteiger partial charge in [0, 0.05) is 25.7 Å². The minimum absolute atomic E-state index is 0.203. The van der Waals surface area contributed by atoms with Crippen molar-refractivity contribution in [2.45, 2.75) is 22.2 Å². The Morgan fingerprint density at radius 1 is 1.41 bits per heavy atom. The Labute approximate surface area is 204 Å². The predicted octanol–water partition coefficient (Wildman–Crippen LogP) is -0.0552. The molecule has 0 spiro atoms.